The highest BCUT2D eigenvalue weighted by Crippen LogP contribution is 2.36. The molecule has 0 aliphatic carbocycles. The largest absolute Gasteiger partial charge is 0.361 e. The summed E-state index contributed by atoms with van der Waals surface area (Å²) >= 11 is 1.36. The molecular formula is C26H24FN5O2S. The summed E-state index contributed by atoms with van der Waals surface area (Å²) in [6, 6.07) is 12.6. The van der Waals surface area contributed by atoms with Gasteiger partial charge in [0.2, 0.25) is 5.91 Å². The molecule has 35 heavy (non-hydrogen) atoms. The molecule has 4 heterocycles. The van der Waals surface area contributed by atoms with Crippen molar-refractivity contribution >= 4 is 39.7 Å². The lowest BCUT2D eigenvalue weighted by molar-refractivity contribution is -0.117. The average Bonchev–Trinajstić information content (AvgIpc) is 3.64. The Kier molecular flexibility index (Phi) is 5.58. The van der Waals surface area contributed by atoms with E-state index in [0.717, 1.165) is 35.2 Å². The van der Waals surface area contributed by atoms with Gasteiger partial charge in [-0.2, -0.15) is 0 Å². The van der Waals surface area contributed by atoms with E-state index < -0.39 is 0 Å². The summed E-state index contributed by atoms with van der Waals surface area (Å²) in [5, 5.41) is 3.27. The van der Waals surface area contributed by atoms with Crippen LogP contribution in [0.15, 0.2) is 60.2 Å². The molecule has 0 saturated carbocycles. The maximum atomic E-state index is 14.6. The summed E-state index contributed by atoms with van der Waals surface area (Å²) in [5.41, 5.74) is 2.88. The van der Waals surface area contributed by atoms with E-state index in [4.69, 9.17) is 0 Å². The Morgan fingerprint density at radius 2 is 1.91 bits per heavy atom. The zero-order chi connectivity index (χ0) is 23.9. The zero-order valence-electron chi connectivity index (χ0n) is 19.0. The van der Waals surface area contributed by atoms with Crippen molar-refractivity contribution in [1.82, 2.24) is 19.8 Å². The number of nitrogens with zero attached hydrogens (tertiary/aromatic N) is 4. The van der Waals surface area contributed by atoms with Crippen LogP contribution in [0.25, 0.3) is 22.0 Å². The SMILES string of the molecule is O=C(c1nccs1)N1CCN(C2CC(=O)N(c3cc(-c4ccccc4F)c4[nH]ccc4c3)C2)CC1. The molecule has 0 radical (unpaired) electrons. The molecule has 0 bridgehead atoms. The number of hydrogen-bond donors (Lipinski definition) is 1. The number of fused-ring (bicyclic) bond motifs is 1. The summed E-state index contributed by atoms with van der Waals surface area (Å²) in [4.78, 5) is 39.0. The molecule has 2 fully saturated rings. The molecule has 9 heteroatoms. The van der Waals surface area contributed by atoms with Gasteiger partial charge in [-0.15, -0.1) is 11.3 Å². The van der Waals surface area contributed by atoms with E-state index in [9.17, 15) is 14.0 Å². The molecule has 6 rings (SSSR count). The number of carbonyl (C=O) groups is 2. The van der Waals surface area contributed by atoms with Crippen LogP contribution in [0.3, 0.4) is 0 Å². The van der Waals surface area contributed by atoms with Gasteiger partial charge in [-0.25, -0.2) is 9.37 Å². The second-order valence-corrected chi connectivity index (χ2v) is 9.84. The topological polar surface area (TPSA) is 72.5 Å². The van der Waals surface area contributed by atoms with Crippen molar-refractivity contribution in [2.24, 2.45) is 0 Å². The highest BCUT2D eigenvalue weighted by atomic mass is 32.1. The molecule has 2 aromatic carbocycles. The molecule has 2 aliphatic heterocycles. The smallest absolute Gasteiger partial charge is 0.282 e. The molecule has 7 nitrogen and oxygen atoms in total. The Morgan fingerprint density at radius 3 is 2.69 bits per heavy atom. The number of hydrogen-bond acceptors (Lipinski definition) is 5. The van der Waals surface area contributed by atoms with Crippen LogP contribution >= 0.6 is 11.3 Å². The number of rotatable bonds is 4. The zero-order valence-corrected chi connectivity index (χ0v) is 19.8. The highest BCUT2D eigenvalue weighted by molar-refractivity contribution is 7.11. The van der Waals surface area contributed by atoms with E-state index in [1.807, 2.05) is 45.6 Å². The summed E-state index contributed by atoms with van der Waals surface area (Å²) < 4.78 is 14.6. The van der Waals surface area contributed by atoms with E-state index in [1.54, 1.807) is 18.3 Å². The van der Waals surface area contributed by atoms with Crippen LogP contribution < -0.4 is 4.90 Å². The van der Waals surface area contributed by atoms with Gasteiger partial charge >= 0.3 is 0 Å². The number of carbonyl (C=O) groups excluding carboxylic acids is 2. The second kappa shape index (κ2) is 8.90. The van der Waals surface area contributed by atoms with Crippen LogP contribution in [-0.2, 0) is 4.79 Å². The number of thiazole rings is 1. The Bertz CT molecular complexity index is 1390. The van der Waals surface area contributed by atoms with Crippen LogP contribution in [0.1, 0.15) is 16.2 Å². The fraction of sp³-hybridized carbons (Fsp3) is 0.269. The summed E-state index contributed by atoms with van der Waals surface area (Å²) in [6.45, 7) is 3.26. The van der Waals surface area contributed by atoms with Crippen LogP contribution in [0, 0.1) is 5.82 Å². The number of aromatic amines is 1. The molecule has 2 aromatic heterocycles. The number of aromatic nitrogens is 2. The quantitative estimate of drug-likeness (QED) is 0.471. The van der Waals surface area contributed by atoms with Gasteiger partial charge in [0.25, 0.3) is 5.91 Å². The van der Waals surface area contributed by atoms with E-state index >= 15 is 0 Å². The highest BCUT2D eigenvalue weighted by Gasteiger charge is 2.36. The third-order valence-electron chi connectivity index (χ3n) is 6.96. The first kappa shape index (κ1) is 21.9. The van der Waals surface area contributed by atoms with Gasteiger partial charge in [0.1, 0.15) is 5.82 Å². The van der Waals surface area contributed by atoms with Crippen LogP contribution in [-0.4, -0.2) is 70.3 Å². The van der Waals surface area contributed by atoms with Gasteiger partial charge in [0.15, 0.2) is 5.01 Å². The van der Waals surface area contributed by atoms with E-state index in [0.29, 0.717) is 36.6 Å². The average molecular weight is 490 g/mol. The van der Waals surface area contributed by atoms with Crippen molar-refractivity contribution in [3.05, 3.63) is 71.1 Å². The van der Waals surface area contributed by atoms with Gasteiger partial charge in [0, 0.05) is 85.2 Å². The fourth-order valence-corrected chi connectivity index (χ4v) is 5.74. The van der Waals surface area contributed by atoms with Gasteiger partial charge in [0.05, 0.1) is 5.52 Å². The minimum absolute atomic E-state index is 0.0238. The van der Waals surface area contributed by atoms with Crippen molar-refractivity contribution in [3.63, 3.8) is 0 Å². The van der Waals surface area contributed by atoms with Gasteiger partial charge in [-0.05, 0) is 24.3 Å². The molecule has 178 valence electrons. The van der Waals surface area contributed by atoms with Crippen molar-refractivity contribution in [3.8, 4) is 11.1 Å². The predicted octanol–water partition coefficient (Wildman–Crippen LogP) is 3.99. The maximum Gasteiger partial charge on any atom is 0.282 e. The Labute approximate surface area is 205 Å². The normalized spacial score (nSPS) is 19.1. The molecule has 2 amide bonds. The maximum absolute atomic E-state index is 14.6. The van der Waals surface area contributed by atoms with Crippen molar-refractivity contribution in [2.75, 3.05) is 37.6 Å². The number of halogens is 1. The first-order chi connectivity index (χ1) is 17.1. The molecule has 2 aliphatic rings. The summed E-state index contributed by atoms with van der Waals surface area (Å²) in [6.07, 6.45) is 3.91. The standard InChI is InChI=1S/C26H24FN5O2S/c27-22-4-2-1-3-20(22)21-14-18(13-17-5-6-28-24(17)21)32-16-19(15-23(32)33)30-8-10-31(11-9-30)26(34)25-29-7-12-35-25/h1-7,12-14,19,28H,8-11,15-16H2. The van der Waals surface area contributed by atoms with E-state index in [1.165, 1.54) is 17.4 Å². The Morgan fingerprint density at radius 1 is 1.09 bits per heavy atom. The Balaban J connectivity index is 1.21. The molecule has 1 N–H and O–H groups in total. The minimum atomic E-state index is -0.295. The number of nitrogens with one attached hydrogen (secondary N) is 1. The second-order valence-electron chi connectivity index (χ2n) is 8.94. The minimum Gasteiger partial charge on any atom is -0.361 e. The fourth-order valence-electron chi connectivity index (χ4n) is 5.14. The van der Waals surface area contributed by atoms with Gasteiger partial charge in [-0.3, -0.25) is 14.5 Å². The van der Waals surface area contributed by atoms with Crippen molar-refractivity contribution in [1.29, 1.82) is 0 Å². The first-order valence-electron chi connectivity index (χ1n) is 11.7. The van der Waals surface area contributed by atoms with Gasteiger partial charge in [-0.1, -0.05) is 18.2 Å². The van der Waals surface area contributed by atoms with Crippen molar-refractivity contribution in [2.45, 2.75) is 12.5 Å². The lowest BCUT2D eigenvalue weighted by atomic mass is 10.0. The van der Waals surface area contributed by atoms with Gasteiger partial charge < -0.3 is 14.8 Å². The van der Waals surface area contributed by atoms with Crippen LogP contribution in [0.5, 0.6) is 0 Å². The number of anilines is 1. The lowest BCUT2D eigenvalue weighted by Gasteiger charge is -2.37. The van der Waals surface area contributed by atoms with Crippen LogP contribution in [0.2, 0.25) is 0 Å². The van der Waals surface area contributed by atoms with Crippen molar-refractivity contribution < 1.29 is 14.0 Å². The third kappa shape index (κ3) is 4.00. The molecular weight excluding hydrogens is 465 g/mol. The third-order valence-corrected chi connectivity index (χ3v) is 7.72. The molecule has 2 saturated heterocycles. The molecule has 1 unspecified atom stereocenters. The number of H-pyrrole nitrogens is 1. The van der Waals surface area contributed by atoms with E-state index in [-0.39, 0.29) is 23.7 Å². The van der Waals surface area contributed by atoms with E-state index in [2.05, 4.69) is 14.9 Å². The number of amides is 2. The first-order valence-corrected chi connectivity index (χ1v) is 12.6. The molecule has 4 aromatic rings. The predicted molar refractivity (Wildman–Crippen MR) is 134 cm³/mol. The lowest BCUT2D eigenvalue weighted by Crippen LogP contribution is -2.52. The summed E-state index contributed by atoms with van der Waals surface area (Å²) in [7, 11) is 0. The number of benzene rings is 2. The monoisotopic (exact) mass is 489 g/mol. The molecule has 1 atom stereocenters. The Hall–Kier alpha value is -3.56. The van der Waals surface area contributed by atoms with Crippen LogP contribution in [0.4, 0.5) is 10.1 Å². The summed E-state index contributed by atoms with van der Waals surface area (Å²) in [5.74, 6) is -0.258. The number of piperazine rings is 1. The molecule has 0 spiro atoms.